The highest BCUT2D eigenvalue weighted by atomic mass is 79.9. The predicted molar refractivity (Wildman–Crippen MR) is 143 cm³/mol. The monoisotopic (exact) mass is 554 g/mol. The summed E-state index contributed by atoms with van der Waals surface area (Å²) >= 11 is 7.44. The minimum absolute atomic E-state index is 0.0181. The fraction of sp³-hybridized carbons (Fsp3) is 0.0333. The third-order valence-electron chi connectivity index (χ3n) is 5.83. The Morgan fingerprint density at radius 1 is 0.485 bits per heavy atom. The Kier molecular flexibility index (Phi) is 6.01. The van der Waals surface area contributed by atoms with Crippen molar-refractivity contribution in [2.24, 2.45) is 0 Å². The minimum Gasteiger partial charge on any atom is -0.291 e. The van der Waals surface area contributed by atoms with Gasteiger partial charge in [-0.2, -0.15) is 0 Å². The quantitative estimate of drug-likeness (QED) is 0.184. The van der Waals surface area contributed by atoms with Gasteiger partial charge in [0.1, 0.15) is 0 Å². The second-order valence-corrected chi connectivity index (χ2v) is 11.3. The average molecular weight is 556 g/mol. The van der Waals surface area contributed by atoms with Crippen LogP contribution in [-0.2, 0) is 4.79 Å². The fourth-order valence-electron chi connectivity index (χ4n) is 4.33. The molecule has 1 aliphatic rings. The van der Waals surface area contributed by atoms with Crippen molar-refractivity contribution in [2.75, 3.05) is 0 Å². The Morgan fingerprint density at radius 2 is 0.788 bits per heavy atom. The van der Waals surface area contributed by atoms with Crippen LogP contribution in [0, 0.1) is 0 Å². The fourth-order valence-corrected chi connectivity index (χ4v) is 5.52. The van der Waals surface area contributed by atoms with Gasteiger partial charge < -0.3 is 0 Å². The van der Waals surface area contributed by atoms with Crippen LogP contribution in [-0.4, -0.2) is 9.02 Å². The van der Waals surface area contributed by atoms with Gasteiger partial charge in [0.2, 0.25) is 0 Å². The Balaban J connectivity index is 1.90. The van der Waals surface area contributed by atoms with Crippen LogP contribution in [0.2, 0.25) is 0 Å². The molecule has 5 rings (SSSR count). The van der Waals surface area contributed by atoms with Crippen LogP contribution in [0.3, 0.4) is 0 Å². The first-order valence-corrected chi connectivity index (χ1v) is 12.3. The first-order valence-electron chi connectivity index (χ1n) is 10.7. The largest absolute Gasteiger partial charge is 0.291 e. The summed E-state index contributed by atoms with van der Waals surface area (Å²) in [6, 6.07) is 40.8. The lowest BCUT2D eigenvalue weighted by Gasteiger charge is -2.39. The van der Waals surface area contributed by atoms with Crippen molar-refractivity contribution in [3.63, 3.8) is 0 Å². The van der Waals surface area contributed by atoms with Gasteiger partial charge in [-0.15, -0.1) is 0 Å². The van der Waals surface area contributed by atoms with Crippen LogP contribution in [0.1, 0.15) is 22.3 Å². The topological polar surface area (TPSA) is 17.1 Å². The lowest BCUT2D eigenvalue weighted by molar-refractivity contribution is -0.116. The van der Waals surface area contributed by atoms with Crippen molar-refractivity contribution < 1.29 is 4.79 Å². The smallest absolute Gasteiger partial charge is 0.195 e. The van der Waals surface area contributed by atoms with E-state index in [2.05, 4.69) is 80.4 Å². The molecule has 0 heterocycles. The third kappa shape index (κ3) is 3.96. The highest BCUT2D eigenvalue weighted by Gasteiger charge is 2.54. The summed E-state index contributed by atoms with van der Waals surface area (Å²) in [5, 5.41) is 0. The number of allylic oxidation sites excluding steroid dienone is 2. The van der Waals surface area contributed by atoms with E-state index in [0.717, 1.165) is 44.5 Å². The number of carbonyl (C=O) groups is 1. The van der Waals surface area contributed by atoms with Crippen molar-refractivity contribution in [1.82, 2.24) is 0 Å². The number of carbonyl (C=O) groups excluding carboxylic acids is 1. The molecule has 0 atom stereocenters. The molecule has 1 aliphatic carbocycles. The van der Waals surface area contributed by atoms with Crippen LogP contribution in [0.5, 0.6) is 0 Å². The summed E-state index contributed by atoms with van der Waals surface area (Å²) in [5.41, 5.74) is 7.79. The van der Waals surface area contributed by atoms with Crippen LogP contribution in [0.25, 0.3) is 11.1 Å². The van der Waals surface area contributed by atoms with E-state index < -0.39 is 3.23 Å². The Bertz CT molecular complexity index is 1270. The zero-order chi connectivity index (χ0) is 22.8. The maximum absolute atomic E-state index is 13.7. The van der Waals surface area contributed by atoms with Gasteiger partial charge in [0.05, 0.1) is 0 Å². The van der Waals surface area contributed by atoms with Gasteiger partial charge in [-0.25, -0.2) is 0 Å². The van der Waals surface area contributed by atoms with Gasteiger partial charge in [-0.3, -0.25) is 4.79 Å². The zero-order valence-corrected chi connectivity index (χ0v) is 20.9. The van der Waals surface area contributed by atoms with Crippen LogP contribution in [0.4, 0.5) is 0 Å². The normalized spacial score (nSPS) is 14.5. The molecule has 0 aromatic heterocycles. The van der Waals surface area contributed by atoms with Crippen LogP contribution >= 0.6 is 31.9 Å². The lowest BCUT2D eigenvalue weighted by atomic mass is 9.72. The molecule has 160 valence electrons. The van der Waals surface area contributed by atoms with Crippen LogP contribution in [0.15, 0.2) is 132 Å². The summed E-state index contributed by atoms with van der Waals surface area (Å²) in [5.74, 6) is 0.0181. The molecule has 0 bridgehead atoms. The van der Waals surface area contributed by atoms with Crippen molar-refractivity contribution in [1.29, 1.82) is 0 Å². The average Bonchev–Trinajstić information content (AvgIpc) is 2.88. The number of Topliss-reactive ketones (excluding diaryl/α,β-unsaturated/α-hetero) is 1. The minimum atomic E-state index is -0.953. The molecule has 1 saturated carbocycles. The summed E-state index contributed by atoms with van der Waals surface area (Å²) in [6.45, 7) is 0. The van der Waals surface area contributed by atoms with Crippen molar-refractivity contribution in [3.8, 4) is 0 Å². The molecule has 0 radical (unpaired) electrons. The maximum atomic E-state index is 13.7. The van der Waals surface area contributed by atoms with E-state index in [1.165, 1.54) is 0 Å². The second-order valence-electron chi connectivity index (χ2n) is 7.87. The lowest BCUT2D eigenvalue weighted by Crippen LogP contribution is -2.44. The van der Waals surface area contributed by atoms with E-state index in [1.54, 1.807) is 0 Å². The number of ketones is 1. The van der Waals surface area contributed by atoms with E-state index in [1.807, 2.05) is 72.8 Å². The zero-order valence-electron chi connectivity index (χ0n) is 17.7. The van der Waals surface area contributed by atoms with E-state index in [4.69, 9.17) is 0 Å². The number of benzene rings is 4. The van der Waals surface area contributed by atoms with E-state index >= 15 is 0 Å². The Morgan fingerprint density at radius 3 is 1.12 bits per heavy atom. The van der Waals surface area contributed by atoms with Gasteiger partial charge >= 0.3 is 0 Å². The summed E-state index contributed by atoms with van der Waals surface area (Å²) < 4.78 is -0.953. The van der Waals surface area contributed by atoms with Crippen molar-refractivity contribution in [3.05, 3.63) is 155 Å². The SMILES string of the molecule is O=C1C(=C(c2ccccc2)c2ccccc2)C(=C(c2ccccc2)c2ccccc2)C1(Br)Br. The molecule has 4 aromatic carbocycles. The maximum Gasteiger partial charge on any atom is 0.195 e. The Hall–Kier alpha value is -3.01. The van der Waals surface area contributed by atoms with Gasteiger partial charge in [0, 0.05) is 16.7 Å². The first-order chi connectivity index (χ1) is 16.1. The van der Waals surface area contributed by atoms with Gasteiger partial charge in [0.25, 0.3) is 0 Å². The Labute approximate surface area is 210 Å². The molecule has 1 nitrogen and oxygen atoms in total. The van der Waals surface area contributed by atoms with E-state index in [0.29, 0.717) is 0 Å². The number of halogens is 2. The third-order valence-corrected chi connectivity index (χ3v) is 7.34. The summed E-state index contributed by atoms with van der Waals surface area (Å²) in [4.78, 5) is 13.7. The van der Waals surface area contributed by atoms with Gasteiger partial charge in [0.15, 0.2) is 9.02 Å². The molecule has 0 amide bonds. The summed E-state index contributed by atoms with van der Waals surface area (Å²) in [7, 11) is 0. The summed E-state index contributed by atoms with van der Waals surface area (Å²) in [6.07, 6.45) is 0. The van der Waals surface area contributed by atoms with Gasteiger partial charge in [-0.05, 0) is 27.8 Å². The first kappa shape index (κ1) is 21.8. The molecule has 0 spiro atoms. The molecule has 0 N–H and O–H groups in total. The van der Waals surface area contributed by atoms with E-state index in [-0.39, 0.29) is 5.78 Å². The number of hydrogen-bond acceptors (Lipinski definition) is 1. The molecule has 33 heavy (non-hydrogen) atoms. The highest BCUT2D eigenvalue weighted by Crippen LogP contribution is 2.57. The standard InChI is InChI=1S/C30H20Br2O/c31-30(32)28(26(23-17-9-3-10-18-23)24-19-11-4-12-20-24)27(29(30)33)25(21-13-5-1-6-14-21)22-15-7-2-8-16-22/h1-20H. The molecule has 4 aromatic rings. The number of hydrogen-bond donors (Lipinski definition) is 0. The molecule has 0 saturated heterocycles. The molecule has 3 heteroatoms. The molecular weight excluding hydrogens is 536 g/mol. The highest BCUT2D eigenvalue weighted by molar-refractivity contribution is 9.26. The predicted octanol–water partition coefficient (Wildman–Crippen LogP) is 8.06. The van der Waals surface area contributed by atoms with Gasteiger partial charge in [-0.1, -0.05) is 153 Å². The number of rotatable bonds is 4. The number of alkyl halides is 2. The second kappa shape index (κ2) is 9.09. The van der Waals surface area contributed by atoms with Crippen molar-refractivity contribution >= 4 is 48.8 Å². The van der Waals surface area contributed by atoms with Crippen LogP contribution < -0.4 is 0 Å². The molecule has 1 fully saturated rings. The molecular formula is C30H20Br2O. The van der Waals surface area contributed by atoms with Crippen molar-refractivity contribution in [2.45, 2.75) is 3.23 Å². The molecule has 0 unspecified atom stereocenters. The molecule has 0 aliphatic heterocycles. The van der Waals surface area contributed by atoms with E-state index in [9.17, 15) is 4.79 Å².